The van der Waals surface area contributed by atoms with Gasteiger partial charge in [-0.15, -0.1) is 11.3 Å². The maximum atomic E-state index is 12.5. The van der Waals surface area contributed by atoms with Gasteiger partial charge in [-0.05, 0) is 22.6 Å². The van der Waals surface area contributed by atoms with Crippen molar-refractivity contribution in [2.45, 2.75) is 31.8 Å². The lowest BCUT2D eigenvalue weighted by Crippen LogP contribution is -2.48. The lowest BCUT2D eigenvalue weighted by atomic mass is 9.93. The van der Waals surface area contributed by atoms with Crippen LogP contribution in [0.3, 0.4) is 0 Å². The Morgan fingerprint density at radius 2 is 1.83 bits per heavy atom. The summed E-state index contributed by atoms with van der Waals surface area (Å²) in [6.45, 7) is 0.277. The van der Waals surface area contributed by atoms with Crippen LogP contribution in [0.4, 0.5) is 0 Å². The van der Waals surface area contributed by atoms with Gasteiger partial charge in [-0.3, -0.25) is 9.59 Å². The summed E-state index contributed by atoms with van der Waals surface area (Å²) < 4.78 is 0. The minimum absolute atomic E-state index is 0.0304. The van der Waals surface area contributed by atoms with Crippen LogP contribution in [0.2, 0.25) is 0 Å². The second-order valence-corrected chi connectivity index (χ2v) is 6.70. The molecule has 0 spiro atoms. The van der Waals surface area contributed by atoms with Gasteiger partial charge in [0.2, 0.25) is 5.91 Å². The van der Waals surface area contributed by atoms with E-state index in [2.05, 4.69) is 0 Å². The Bertz CT molecular complexity index is 769. The van der Waals surface area contributed by atoms with E-state index in [1.165, 1.54) is 16.2 Å². The van der Waals surface area contributed by atoms with Crippen LogP contribution in [0, 0.1) is 0 Å². The van der Waals surface area contributed by atoms with Crippen molar-refractivity contribution in [2.75, 3.05) is 0 Å². The topological polar surface area (TPSA) is 74.7 Å². The maximum Gasteiger partial charge on any atom is 0.326 e. The SMILES string of the molecule is O=C(CCC(=O)N1Cc2ccccc2CC1C(=O)O)c1cccs1. The first-order valence-corrected chi connectivity index (χ1v) is 8.60. The molecule has 1 amide bonds. The van der Waals surface area contributed by atoms with E-state index in [4.69, 9.17) is 0 Å². The number of carbonyl (C=O) groups is 3. The number of benzene rings is 1. The summed E-state index contributed by atoms with van der Waals surface area (Å²) in [5.41, 5.74) is 1.93. The zero-order chi connectivity index (χ0) is 17.1. The molecule has 1 aromatic carbocycles. The van der Waals surface area contributed by atoms with Crippen LogP contribution in [0.1, 0.15) is 33.6 Å². The van der Waals surface area contributed by atoms with Crippen molar-refractivity contribution < 1.29 is 19.5 Å². The minimum Gasteiger partial charge on any atom is -0.480 e. The Kier molecular flexibility index (Phi) is 4.76. The number of carboxylic acids is 1. The molecular formula is C18H17NO4S. The molecule has 2 heterocycles. The number of carbonyl (C=O) groups excluding carboxylic acids is 2. The lowest BCUT2D eigenvalue weighted by molar-refractivity contribution is -0.151. The maximum absolute atomic E-state index is 12.5. The molecule has 1 aromatic heterocycles. The minimum atomic E-state index is -1.01. The monoisotopic (exact) mass is 343 g/mol. The zero-order valence-corrected chi connectivity index (χ0v) is 13.8. The van der Waals surface area contributed by atoms with E-state index in [-0.39, 0.29) is 31.1 Å². The Hall–Kier alpha value is -2.47. The predicted octanol–water partition coefficient (Wildman–Crippen LogP) is 2.75. The van der Waals surface area contributed by atoms with Gasteiger partial charge in [-0.1, -0.05) is 30.3 Å². The quantitative estimate of drug-likeness (QED) is 0.847. The average molecular weight is 343 g/mol. The van der Waals surface area contributed by atoms with Gasteiger partial charge in [0, 0.05) is 25.8 Å². The van der Waals surface area contributed by atoms with Crippen molar-refractivity contribution in [3.63, 3.8) is 0 Å². The molecular weight excluding hydrogens is 326 g/mol. The first kappa shape index (κ1) is 16.4. The standard InChI is InChI=1S/C18H17NO4S/c20-15(16-6-3-9-24-16)7-8-17(21)19-11-13-5-2-1-4-12(13)10-14(19)18(22)23/h1-6,9,14H,7-8,10-11H2,(H,22,23). The van der Waals surface area contributed by atoms with Gasteiger partial charge in [0.25, 0.3) is 0 Å². The van der Waals surface area contributed by atoms with Crippen LogP contribution in [0.15, 0.2) is 41.8 Å². The molecule has 3 rings (SSSR count). The van der Waals surface area contributed by atoms with Crippen molar-refractivity contribution in [2.24, 2.45) is 0 Å². The van der Waals surface area contributed by atoms with Gasteiger partial charge in [0.15, 0.2) is 5.78 Å². The summed E-state index contributed by atoms with van der Waals surface area (Å²) in [6, 6.07) is 10.2. The van der Waals surface area contributed by atoms with E-state index < -0.39 is 12.0 Å². The average Bonchev–Trinajstić information content (AvgIpc) is 3.12. The summed E-state index contributed by atoms with van der Waals surface area (Å²) in [6.07, 6.45) is 0.433. The first-order chi connectivity index (χ1) is 11.6. The van der Waals surface area contributed by atoms with E-state index in [0.717, 1.165) is 11.1 Å². The normalized spacial score (nSPS) is 16.5. The van der Waals surface area contributed by atoms with Gasteiger partial charge in [-0.2, -0.15) is 0 Å². The largest absolute Gasteiger partial charge is 0.480 e. The molecule has 0 fully saturated rings. The van der Waals surface area contributed by atoms with Gasteiger partial charge in [0.05, 0.1) is 4.88 Å². The Labute approximate surface area is 143 Å². The first-order valence-electron chi connectivity index (χ1n) is 7.72. The molecule has 1 N–H and O–H groups in total. The number of hydrogen-bond acceptors (Lipinski definition) is 4. The second-order valence-electron chi connectivity index (χ2n) is 5.75. The van der Waals surface area contributed by atoms with E-state index in [1.807, 2.05) is 29.6 Å². The molecule has 0 bridgehead atoms. The number of carboxylic acid groups (broad SMARTS) is 1. The van der Waals surface area contributed by atoms with E-state index in [0.29, 0.717) is 11.3 Å². The van der Waals surface area contributed by atoms with Crippen LogP contribution in [0.25, 0.3) is 0 Å². The molecule has 6 heteroatoms. The van der Waals surface area contributed by atoms with Crippen molar-refractivity contribution in [3.8, 4) is 0 Å². The van der Waals surface area contributed by atoms with Gasteiger partial charge in [0.1, 0.15) is 6.04 Å². The van der Waals surface area contributed by atoms with Crippen LogP contribution >= 0.6 is 11.3 Å². The molecule has 0 aliphatic carbocycles. The highest BCUT2D eigenvalue weighted by Crippen LogP contribution is 2.24. The molecule has 1 aliphatic rings. The number of aliphatic carboxylic acids is 1. The number of nitrogens with zero attached hydrogens (tertiary/aromatic N) is 1. The second kappa shape index (κ2) is 6.97. The number of amides is 1. The summed E-state index contributed by atoms with van der Waals surface area (Å²) in [7, 11) is 0. The molecule has 124 valence electrons. The van der Waals surface area contributed by atoms with E-state index >= 15 is 0 Å². The third kappa shape index (κ3) is 3.38. The lowest BCUT2D eigenvalue weighted by Gasteiger charge is -2.34. The van der Waals surface area contributed by atoms with Crippen molar-refractivity contribution in [1.29, 1.82) is 0 Å². The molecule has 5 nitrogen and oxygen atoms in total. The van der Waals surface area contributed by atoms with Crippen LogP contribution in [-0.2, 0) is 22.6 Å². The van der Waals surface area contributed by atoms with Crippen LogP contribution in [-0.4, -0.2) is 33.7 Å². The predicted molar refractivity (Wildman–Crippen MR) is 90.0 cm³/mol. The van der Waals surface area contributed by atoms with Crippen molar-refractivity contribution >= 4 is 29.0 Å². The smallest absolute Gasteiger partial charge is 0.326 e. The fourth-order valence-electron chi connectivity index (χ4n) is 2.93. The fourth-order valence-corrected chi connectivity index (χ4v) is 3.62. The molecule has 0 saturated heterocycles. The summed E-state index contributed by atoms with van der Waals surface area (Å²) >= 11 is 1.35. The summed E-state index contributed by atoms with van der Waals surface area (Å²) in [5.74, 6) is -1.38. The molecule has 2 aromatic rings. The fraction of sp³-hybridized carbons (Fsp3) is 0.278. The number of thiophene rings is 1. The molecule has 0 saturated carbocycles. The molecule has 24 heavy (non-hydrogen) atoms. The summed E-state index contributed by atoms with van der Waals surface area (Å²) in [5, 5.41) is 11.3. The Morgan fingerprint density at radius 3 is 2.50 bits per heavy atom. The zero-order valence-electron chi connectivity index (χ0n) is 13.0. The molecule has 1 aliphatic heterocycles. The molecule has 1 unspecified atom stereocenters. The highest BCUT2D eigenvalue weighted by atomic mass is 32.1. The number of Topliss-reactive ketones (excluding diaryl/α,β-unsaturated/α-hetero) is 1. The third-order valence-electron chi connectivity index (χ3n) is 4.22. The van der Waals surface area contributed by atoms with E-state index in [1.54, 1.807) is 12.1 Å². The number of hydrogen-bond donors (Lipinski definition) is 1. The number of ketones is 1. The molecule has 0 radical (unpaired) electrons. The van der Waals surface area contributed by atoms with Crippen LogP contribution < -0.4 is 0 Å². The molecule has 1 atom stereocenters. The van der Waals surface area contributed by atoms with Gasteiger partial charge < -0.3 is 10.0 Å². The highest BCUT2D eigenvalue weighted by molar-refractivity contribution is 7.12. The highest BCUT2D eigenvalue weighted by Gasteiger charge is 2.34. The number of rotatable bonds is 5. The van der Waals surface area contributed by atoms with Gasteiger partial charge >= 0.3 is 5.97 Å². The Morgan fingerprint density at radius 1 is 1.08 bits per heavy atom. The summed E-state index contributed by atoms with van der Waals surface area (Å²) in [4.78, 5) is 38.1. The van der Waals surface area contributed by atoms with Crippen molar-refractivity contribution in [3.05, 3.63) is 57.8 Å². The number of fused-ring (bicyclic) bond motifs is 1. The van der Waals surface area contributed by atoms with Crippen LogP contribution in [0.5, 0.6) is 0 Å². The van der Waals surface area contributed by atoms with Crippen molar-refractivity contribution in [1.82, 2.24) is 4.90 Å². The third-order valence-corrected chi connectivity index (χ3v) is 5.13. The Balaban J connectivity index is 1.70. The van der Waals surface area contributed by atoms with E-state index in [9.17, 15) is 19.5 Å². The van der Waals surface area contributed by atoms with Gasteiger partial charge in [-0.25, -0.2) is 4.79 Å².